The normalized spacial score (nSPS) is 11.3. The van der Waals surface area contributed by atoms with Gasteiger partial charge in [-0.05, 0) is 52.3 Å². The lowest BCUT2D eigenvalue weighted by Gasteiger charge is -2.26. The number of carbonyl (C=O) groups excluding carboxylic acids is 2. The number of aliphatic imine (C=N–C) groups is 1. The van der Waals surface area contributed by atoms with Crippen molar-refractivity contribution in [3.8, 4) is 0 Å². The van der Waals surface area contributed by atoms with Gasteiger partial charge in [0.15, 0.2) is 5.96 Å². The predicted octanol–water partition coefficient (Wildman–Crippen LogP) is 3.32. The number of hydrogen-bond acceptors (Lipinski definition) is 4. The van der Waals surface area contributed by atoms with Gasteiger partial charge >= 0.3 is 6.09 Å². The largest absolute Gasteiger partial charge is 0.444 e. The van der Waals surface area contributed by atoms with Gasteiger partial charge in [0.2, 0.25) is 0 Å². The molecule has 0 fully saturated rings. The van der Waals surface area contributed by atoms with E-state index in [4.69, 9.17) is 4.74 Å². The molecule has 31 heavy (non-hydrogen) atoms. The molecular formula is C22H38IN5O3. The fourth-order valence-electron chi connectivity index (χ4n) is 2.54. The Morgan fingerprint density at radius 3 is 2.16 bits per heavy atom. The number of likely N-dealkylation sites (N-methyl/N-ethyl adjacent to an activating group) is 1. The summed E-state index contributed by atoms with van der Waals surface area (Å²) in [7, 11) is 3.47. The SMILES string of the molecule is CCNC(=NCc1ccc(C(=O)N(C)C)cc1)NCCN(CC)C(=O)OC(C)(C)C.I. The topological polar surface area (TPSA) is 86.3 Å². The highest BCUT2D eigenvalue weighted by molar-refractivity contribution is 14.0. The number of benzene rings is 1. The lowest BCUT2D eigenvalue weighted by atomic mass is 10.1. The minimum absolute atomic E-state index is 0. The highest BCUT2D eigenvalue weighted by Crippen LogP contribution is 2.10. The van der Waals surface area contributed by atoms with Crippen molar-refractivity contribution < 1.29 is 14.3 Å². The van der Waals surface area contributed by atoms with Crippen LogP contribution in [0.5, 0.6) is 0 Å². The Balaban J connectivity index is 0.00000900. The van der Waals surface area contributed by atoms with Gasteiger partial charge in [0.25, 0.3) is 5.91 Å². The van der Waals surface area contributed by atoms with Crippen LogP contribution in [-0.2, 0) is 11.3 Å². The number of carbonyl (C=O) groups is 2. The summed E-state index contributed by atoms with van der Waals surface area (Å²) in [5.74, 6) is 0.650. The van der Waals surface area contributed by atoms with Crippen LogP contribution >= 0.6 is 24.0 Å². The smallest absolute Gasteiger partial charge is 0.410 e. The number of amides is 2. The zero-order chi connectivity index (χ0) is 22.7. The first-order chi connectivity index (χ1) is 14.1. The molecule has 0 saturated carbocycles. The molecule has 0 aliphatic rings. The molecule has 1 aromatic rings. The molecule has 0 aliphatic carbocycles. The maximum absolute atomic E-state index is 12.2. The maximum atomic E-state index is 12.2. The molecule has 176 valence electrons. The van der Waals surface area contributed by atoms with Gasteiger partial charge in [-0.2, -0.15) is 0 Å². The highest BCUT2D eigenvalue weighted by Gasteiger charge is 2.20. The molecule has 0 aromatic heterocycles. The zero-order valence-corrected chi connectivity index (χ0v) is 22.1. The molecule has 0 aliphatic heterocycles. The van der Waals surface area contributed by atoms with Gasteiger partial charge in [0.05, 0.1) is 6.54 Å². The van der Waals surface area contributed by atoms with Crippen molar-refractivity contribution in [2.24, 2.45) is 4.99 Å². The molecule has 0 unspecified atom stereocenters. The lowest BCUT2D eigenvalue weighted by Crippen LogP contribution is -2.44. The van der Waals surface area contributed by atoms with E-state index in [0.717, 1.165) is 12.1 Å². The van der Waals surface area contributed by atoms with Crippen molar-refractivity contribution >= 4 is 41.9 Å². The van der Waals surface area contributed by atoms with Gasteiger partial charge < -0.3 is 25.2 Å². The Kier molecular flexibility index (Phi) is 13.2. The Labute approximate surface area is 203 Å². The van der Waals surface area contributed by atoms with Crippen LogP contribution in [0.1, 0.15) is 50.5 Å². The highest BCUT2D eigenvalue weighted by atomic mass is 127. The Bertz CT molecular complexity index is 715. The molecule has 1 rings (SSSR count). The number of ether oxygens (including phenoxy) is 1. The van der Waals surface area contributed by atoms with Crippen LogP contribution in [0.25, 0.3) is 0 Å². The van der Waals surface area contributed by atoms with E-state index >= 15 is 0 Å². The summed E-state index contributed by atoms with van der Waals surface area (Å²) in [4.78, 5) is 32.0. The van der Waals surface area contributed by atoms with E-state index in [9.17, 15) is 9.59 Å². The summed E-state index contributed by atoms with van der Waals surface area (Å²) in [6, 6.07) is 7.44. The first kappa shape index (κ1) is 29.0. The maximum Gasteiger partial charge on any atom is 0.410 e. The van der Waals surface area contributed by atoms with E-state index < -0.39 is 5.60 Å². The number of hydrogen-bond donors (Lipinski definition) is 2. The van der Waals surface area contributed by atoms with Gasteiger partial charge in [-0.15, -0.1) is 24.0 Å². The number of halogens is 1. The van der Waals surface area contributed by atoms with Crippen molar-refractivity contribution in [2.75, 3.05) is 40.3 Å². The molecule has 2 amide bonds. The number of nitrogens with one attached hydrogen (secondary N) is 2. The van der Waals surface area contributed by atoms with Crippen LogP contribution < -0.4 is 10.6 Å². The van der Waals surface area contributed by atoms with Crippen molar-refractivity contribution in [1.82, 2.24) is 20.4 Å². The first-order valence-corrected chi connectivity index (χ1v) is 10.4. The minimum Gasteiger partial charge on any atom is -0.444 e. The van der Waals surface area contributed by atoms with Crippen LogP contribution in [-0.4, -0.2) is 73.6 Å². The molecule has 0 heterocycles. The van der Waals surface area contributed by atoms with Gasteiger partial charge in [0.1, 0.15) is 5.60 Å². The molecule has 1 aromatic carbocycles. The van der Waals surface area contributed by atoms with E-state index in [-0.39, 0.29) is 36.0 Å². The fraction of sp³-hybridized carbons (Fsp3) is 0.591. The molecule has 9 heteroatoms. The van der Waals surface area contributed by atoms with Crippen LogP contribution in [0.3, 0.4) is 0 Å². The predicted molar refractivity (Wildman–Crippen MR) is 136 cm³/mol. The number of rotatable bonds is 8. The van der Waals surface area contributed by atoms with Gasteiger partial charge in [-0.3, -0.25) is 4.79 Å². The average Bonchev–Trinajstić information content (AvgIpc) is 2.67. The summed E-state index contributed by atoms with van der Waals surface area (Å²) in [6.45, 7) is 12.3. The fourth-order valence-corrected chi connectivity index (χ4v) is 2.54. The molecule has 0 radical (unpaired) electrons. The van der Waals surface area contributed by atoms with Crippen LogP contribution in [0.4, 0.5) is 4.79 Å². The molecule has 0 atom stereocenters. The van der Waals surface area contributed by atoms with Gasteiger partial charge in [-0.1, -0.05) is 12.1 Å². The quantitative estimate of drug-likeness (QED) is 0.297. The standard InChI is InChI=1S/C22H37N5O3.HI/c1-8-23-20(24-14-15-27(9-2)21(29)30-22(3,4)5)25-16-17-10-12-18(13-11-17)19(28)26(6)7;/h10-13H,8-9,14-16H2,1-7H3,(H2,23,24,25);1H. The van der Waals surface area contributed by atoms with Crippen molar-refractivity contribution in [3.63, 3.8) is 0 Å². The second kappa shape index (κ2) is 14.1. The van der Waals surface area contributed by atoms with Crippen LogP contribution in [0.15, 0.2) is 29.3 Å². The van der Waals surface area contributed by atoms with E-state index in [1.807, 2.05) is 58.9 Å². The Morgan fingerprint density at radius 2 is 1.68 bits per heavy atom. The van der Waals surface area contributed by atoms with E-state index in [1.165, 1.54) is 0 Å². The molecule has 0 bridgehead atoms. The van der Waals surface area contributed by atoms with Crippen molar-refractivity contribution in [1.29, 1.82) is 0 Å². The number of guanidine groups is 1. The Hall–Kier alpha value is -2.04. The lowest BCUT2D eigenvalue weighted by molar-refractivity contribution is 0.0263. The third kappa shape index (κ3) is 11.2. The van der Waals surface area contributed by atoms with Crippen LogP contribution in [0, 0.1) is 0 Å². The van der Waals surface area contributed by atoms with Crippen molar-refractivity contribution in [2.45, 2.75) is 46.8 Å². The summed E-state index contributed by atoms with van der Waals surface area (Å²) < 4.78 is 5.43. The van der Waals surface area contributed by atoms with E-state index in [1.54, 1.807) is 23.9 Å². The van der Waals surface area contributed by atoms with Crippen LogP contribution in [0.2, 0.25) is 0 Å². The average molecular weight is 547 g/mol. The summed E-state index contributed by atoms with van der Waals surface area (Å²) in [5, 5.41) is 6.45. The summed E-state index contributed by atoms with van der Waals surface area (Å²) >= 11 is 0. The minimum atomic E-state index is -0.513. The van der Waals surface area contributed by atoms with Crippen molar-refractivity contribution in [3.05, 3.63) is 35.4 Å². The summed E-state index contributed by atoms with van der Waals surface area (Å²) in [6.07, 6.45) is -0.318. The second-order valence-electron chi connectivity index (χ2n) is 8.08. The molecule has 0 spiro atoms. The third-order valence-corrected chi connectivity index (χ3v) is 4.08. The zero-order valence-electron chi connectivity index (χ0n) is 19.8. The third-order valence-electron chi connectivity index (χ3n) is 4.08. The second-order valence-corrected chi connectivity index (χ2v) is 8.08. The first-order valence-electron chi connectivity index (χ1n) is 10.4. The van der Waals surface area contributed by atoms with E-state index in [2.05, 4.69) is 15.6 Å². The monoisotopic (exact) mass is 547 g/mol. The molecule has 8 nitrogen and oxygen atoms in total. The molecule has 2 N–H and O–H groups in total. The molecular weight excluding hydrogens is 509 g/mol. The summed E-state index contributed by atoms with van der Waals surface area (Å²) in [5.41, 5.74) is 1.15. The molecule has 0 saturated heterocycles. The van der Waals surface area contributed by atoms with Gasteiger partial charge in [0, 0.05) is 45.8 Å². The Morgan fingerprint density at radius 1 is 1.06 bits per heavy atom. The van der Waals surface area contributed by atoms with E-state index in [0.29, 0.717) is 37.7 Å². The number of nitrogens with zero attached hydrogens (tertiary/aromatic N) is 3. The van der Waals surface area contributed by atoms with Gasteiger partial charge in [-0.25, -0.2) is 9.79 Å².